The fourth-order valence-corrected chi connectivity index (χ4v) is 4.07. The van der Waals surface area contributed by atoms with Crippen LogP contribution in [0.15, 0.2) is 54.6 Å². The average molecular weight is 421 g/mol. The maximum Gasteiger partial charge on any atom is 0.329 e. The Hall–Kier alpha value is -3.35. The van der Waals surface area contributed by atoms with Crippen LogP contribution in [-0.2, 0) is 9.59 Å². The molecule has 0 bridgehead atoms. The van der Waals surface area contributed by atoms with Crippen LogP contribution in [0.3, 0.4) is 0 Å². The van der Waals surface area contributed by atoms with Crippen LogP contribution >= 0.6 is 0 Å². The van der Waals surface area contributed by atoms with Gasteiger partial charge in [-0.05, 0) is 48.2 Å². The van der Waals surface area contributed by atoms with E-state index in [-0.39, 0.29) is 23.3 Å². The molecule has 0 saturated carbocycles. The van der Waals surface area contributed by atoms with Gasteiger partial charge >= 0.3 is 6.03 Å². The van der Waals surface area contributed by atoms with Gasteiger partial charge in [0.05, 0.1) is 11.7 Å². The second-order valence-electron chi connectivity index (χ2n) is 9.20. The number of fused-ring (bicyclic) bond motifs is 1. The summed E-state index contributed by atoms with van der Waals surface area (Å²) in [5.74, 6) is 0.866. The number of imide groups is 1. The van der Waals surface area contributed by atoms with Crippen LogP contribution in [0, 0.1) is 5.41 Å². The summed E-state index contributed by atoms with van der Waals surface area (Å²) < 4.78 is 5.78. The second-order valence-corrected chi connectivity index (χ2v) is 9.20. The second kappa shape index (κ2) is 8.06. The molecule has 0 unspecified atom stereocenters. The molecule has 4 rings (SSSR count). The largest absolute Gasteiger partial charge is 0.457 e. The standard InChI is InChI=1S/C24H27N3O4/c1-24(2,3)15-20(28)26-14-13-19-21(26)22(29)27(23(30)25-19)16-9-11-18(12-10-16)31-17-7-5-4-6-8-17/h4-12,19,21H,13-15H2,1-3H3,(H,25,30)/t19-,21-/m0/s1. The molecule has 2 aliphatic rings. The van der Waals surface area contributed by atoms with Gasteiger partial charge in [0.15, 0.2) is 0 Å². The van der Waals surface area contributed by atoms with Crippen molar-refractivity contribution in [2.45, 2.75) is 45.7 Å². The highest BCUT2D eigenvalue weighted by molar-refractivity contribution is 6.19. The Morgan fingerprint density at radius 3 is 2.32 bits per heavy atom. The fourth-order valence-electron chi connectivity index (χ4n) is 4.07. The predicted molar refractivity (Wildman–Crippen MR) is 117 cm³/mol. The van der Waals surface area contributed by atoms with Crippen molar-refractivity contribution in [3.8, 4) is 11.5 Å². The quantitative estimate of drug-likeness (QED) is 0.811. The van der Waals surface area contributed by atoms with Crippen LogP contribution in [0.4, 0.5) is 10.5 Å². The number of urea groups is 1. The maximum absolute atomic E-state index is 13.3. The van der Waals surface area contributed by atoms with E-state index in [1.54, 1.807) is 29.2 Å². The topological polar surface area (TPSA) is 79.0 Å². The molecule has 7 heteroatoms. The van der Waals surface area contributed by atoms with Gasteiger partial charge in [0.25, 0.3) is 5.91 Å². The van der Waals surface area contributed by atoms with Gasteiger partial charge < -0.3 is 15.0 Å². The van der Waals surface area contributed by atoms with Crippen molar-refractivity contribution in [3.63, 3.8) is 0 Å². The molecule has 162 valence electrons. The van der Waals surface area contributed by atoms with Gasteiger partial charge in [-0.2, -0.15) is 0 Å². The number of rotatable bonds is 4. The third-order valence-electron chi connectivity index (χ3n) is 5.46. The highest BCUT2D eigenvalue weighted by Gasteiger charge is 2.50. The zero-order chi connectivity index (χ0) is 22.2. The molecule has 2 fully saturated rings. The van der Waals surface area contributed by atoms with Gasteiger partial charge in [-0.3, -0.25) is 9.59 Å². The summed E-state index contributed by atoms with van der Waals surface area (Å²) in [4.78, 5) is 41.6. The number of amides is 4. The first kappa shape index (κ1) is 20.9. The lowest BCUT2D eigenvalue weighted by molar-refractivity contribution is -0.139. The Labute approximate surface area is 182 Å². The molecular formula is C24H27N3O4. The summed E-state index contributed by atoms with van der Waals surface area (Å²) in [6.07, 6.45) is 0.929. The monoisotopic (exact) mass is 421 g/mol. The number of carbonyl (C=O) groups is 3. The number of nitrogens with one attached hydrogen (secondary N) is 1. The van der Waals surface area contributed by atoms with Gasteiger partial charge in [-0.25, -0.2) is 9.69 Å². The van der Waals surface area contributed by atoms with Crippen LogP contribution in [0.1, 0.15) is 33.6 Å². The van der Waals surface area contributed by atoms with Crippen molar-refractivity contribution in [3.05, 3.63) is 54.6 Å². The first-order valence-electron chi connectivity index (χ1n) is 10.5. The van der Waals surface area contributed by atoms with E-state index in [1.807, 2.05) is 51.1 Å². The number of hydrogen-bond acceptors (Lipinski definition) is 4. The Kier molecular flexibility index (Phi) is 5.43. The summed E-state index contributed by atoms with van der Waals surface area (Å²) in [6.45, 7) is 6.45. The zero-order valence-corrected chi connectivity index (χ0v) is 18.0. The van der Waals surface area contributed by atoms with Gasteiger partial charge in [0.2, 0.25) is 5.91 Å². The van der Waals surface area contributed by atoms with E-state index in [9.17, 15) is 14.4 Å². The molecule has 4 amide bonds. The molecule has 2 heterocycles. The fraction of sp³-hybridized carbons (Fsp3) is 0.375. The highest BCUT2D eigenvalue weighted by Crippen LogP contribution is 2.31. The number of likely N-dealkylation sites (tertiary alicyclic amines) is 1. The number of benzene rings is 2. The molecule has 0 spiro atoms. The Balaban J connectivity index is 1.53. The minimum absolute atomic E-state index is 0.0592. The van der Waals surface area contributed by atoms with E-state index in [0.29, 0.717) is 36.6 Å². The van der Waals surface area contributed by atoms with Crippen molar-refractivity contribution in [1.82, 2.24) is 10.2 Å². The molecule has 2 aromatic carbocycles. The number of anilines is 1. The number of ether oxygens (including phenoxy) is 1. The van der Waals surface area contributed by atoms with E-state index in [2.05, 4.69) is 5.32 Å². The first-order chi connectivity index (χ1) is 14.7. The molecular weight excluding hydrogens is 394 g/mol. The van der Waals surface area contributed by atoms with E-state index >= 15 is 0 Å². The smallest absolute Gasteiger partial charge is 0.329 e. The normalized spacial score (nSPS) is 21.0. The zero-order valence-electron chi connectivity index (χ0n) is 18.0. The molecule has 2 aromatic rings. The third-order valence-corrected chi connectivity index (χ3v) is 5.46. The number of carbonyl (C=O) groups excluding carboxylic acids is 3. The van der Waals surface area contributed by atoms with Crippen molar-refractivity contribution in [2.24, 2.45) is 5.41 Å². The summed E-state index contributed by atoms with van der Waals surface area (Å²) in [6, 6.07) is 14.6. The number of hydrogen-bond donors (Lipinski definition) is 1. The lowest BCUT2D eigenvalue weighted by atomic mass is 9.91. The van der Waals surface area contributed by atoms with Crippen molar-refractivity contribution in [2.75, 3.05) is 11.4 Å². The SMILES string of the molecule is CC(C)(C)CC(=O)N1CC[C@@H]2NC(=O)N(c3ccc(Oc4ccccc4)cc3)C(=O)[C@H]21. The molecule has 0 aliphatic carbocycles. The van der Waals surface area contributed by atoms with Gasteiger partial charge in [0, 0.05) is 13.0 Å². The predicted octanol–water partition coefficient (Wildman–Crippen LogP) is 3.94. The minimum atomic E-state index is -0.673. The average Bonchev–Trinajstić information content (AvgIpc) is 3.13. The van der Waals surface area contributed by atoms with Crippen LogP contribution in [0.5, 0.6) is 11.5 Å². The number of para-hydroxylation sites is 1. The Bertz CT molecular complexity index is 982. The van der Waals surface area contributed by atoms with Gasteiger partial charge in [-0.1, -0.05) is 39.0 Å². The van der Waals surface area contributed by atoms with E-state index < -0.39 is 12.1 Å². The molecule has 2 saturated heterocycles. The van der Waals surface area contributed by atoms with Crippen LogP contribution in [-0.4, -0.2) is 41.4 Å². The van der Waals surface area contributed by atoms with Gasteiger partial charge in [-0.15, -0.1) is 0 Å². The molecule has 7 nitrogen and oxygen atoms in total. The summed E-state index contributed by atoms with van der Waals surface area (Å²) in [5.41, 5.74) is 0.265. The number of nitrogens with zero attached hydrogens (tertiary/aromatic N) is 2. The Morgan fingerprint density at radius 1 is 1.03 bits per heavy atom. The minimum Gasteiger partial charge on any atom is -0.457 e. The third kappa shape index (κ3) is 4.40. The van der Waals surface area contributed by atoms with E-state index in [0.717, 1.165) is 4.90 Å². The van der Waals surface area contributed by atoms with E-state index in [1.165, 1.54) is 0 Å². The molecule has 2 aliphatic heterocycles. The highest BCUT2D eigenvalue weighted by atomic mass is 16.5. The molecule has 1 N–H and O–H groups in total. The van der Waals surface area contributed by atoms with Crippen LogP contribution in [0.25, 0.3) is 0 Å². The molecule has 31 heavy (non-hydrogen) atoms. The van der Waals surface area contributed by atoms with Crippen molar-refractivity contribution < 1.29 is 19.1 Å². The lowest BCUT2D eigenvalue weighted by Crippen LogP contribution is -2.65. The van der Waals surface area contributed by atoms with Gasteiger partial charge in [0.1, 0.15) is 17.5 Å². The first-order valence-corrected chi connectivity index (χ1v) is 10.5. The van der Waals surface area contributed by atoms with Crippen LogP contribution in [0.2, 0.25) is 0 Å². The summed E-state index contributed by atoms with van der Waals surface area (Å²) >= 11 is 0. The summed E-state index contributed by atoms with van der Waals surface area (Å²) in [7, 11) is 0. The lowest BCUT2D eigenvalue weighted by Gasteiger charge is -2.37. The molecule has 2 atom stereocenters. The Morgan fingerprint density at radius 2 is 1.68 bits per heavy atom. The summed E-state index contributed by atoms with van der Waals surface area (Å²) in [5, 5.41) is 2.90. The molecule has 0 radical (unpaired) electrons. The van der Waals surface area contributed by atoms with E-state index in [4.69, 9.17) is 4.74 Å². The molecule has 0 aromatic heterocycles. The van der Waals surface area contributed by atoms with Crippen molar-refractivity contribution >= 4 is 23.5 Å². The van der Waals surface area contributed by atoms with Crippen molar-refractivity contribution in [1.29, 1.82) is 0 Å². The maximum atomic E-state index is 13.3. The van der Waals surface area contributed by atoms with Crippen LogP contribution < -0.4 is 15.0 Å².